The molecule has 0 aliphatic carbocycles. The molecule has 4 heteroatoms. The third kappa shape index (κ3) is 3.07. The van der Waals surface area contributed by atoms with Crippen LogP contribution in [0.5, 0.6) is 0 Å². The smallest absolute Gasteiger partial charge is 0.249 e. The van der Waals surface area contributed by atoms with Gasteiger partial charge in [-0.25, -0.2) is 0 Å². The van der Waals surface area contributed by atoms with Crippen LogP contribution in [-0.4, -0.2) is 23.6 Å². The summed E-state index contributed by atoms with van der Waals surface area (Å²) in [6.45, 7) is 4.85. The van der Waals surface area contributed by atoms with Crippen molar-refractivity contribution in [3.8, 4) is 0 Å². The first-order valence-electron chi connectivity index (χ1n) is 6.51. The van der Waals surface area contributed by atoms with E-state index in [9.17, 15) is 4.79 Å². The molecule has 1 N–H and O–H groups in total. The molecule has 1 fully saturated rings. The maximum atomic E-state index is 12.1. The minimum atomic E-state index is -0.282. The van der Waals surface area contributed by atoms with Crippen molar-refractivity contribution >= 4 is 5.91 Å². The summed E-state index contributed by atoms with van der Waals surface area (Å²) in [6, 6.07) is 5.71. The van der Waals surface area contributed by atoms with Gasteiger partial charge in [0.1, 0.15) is 6.10 Å². The molecule has 2 heterocycles. The molecule has 4 nitrogen and oxygen atoms in total. The molecule has 2 rings (SSSR count). The van der Waals surface area contributed by atoms with Gasteiger partial charge in [-0.1, -0.05) is 19.9 Å². The third-order valence-electron chi connectivity index (χ3n) is 3.19. The summed E-state index contributed by atoms with van der Waals surface area (Å²) in [4.78, 5) is 16.4. The Labute approximate surface area is 108 Å². The van der Waals surface area contributed by atoms with E-state index in [2.05, 4.69) is 24.1 Å². The maximum Gasteiger partial charge on any atom is 0.249 e. The van der Waals surface area contributed by atoms with Crippen LogP contribution in [0.3, 0.4) is 0 Å². The zero-order chi connectivity index (χ0) is 13.0. The molecule has 2 atom stereocenters. The minimum absolute atomic E-state index is 0.0168. The SMILES string of the molecule is CC(C)[C@H](NC(=O)[C@@H]1CCCO1)c1ccccn1. The first kappa shape index (κ1) is 13.0. The fourth-order valence-corrected chi connectivity index (χ4v) is 2.17. The molecular formula is C14H20N2O2. The molecule has 1 aromatic heterocycles. The molecule has 98 valence electrons. The zero-order valence-corrected chi connectivity index (χ0v) is 10.9. The van der Waals surface area contributed by atoms with Crippen LogP contribution in [0, 0.1) is 5.92 Å². The Kier molecular flexibility index (Phi) is 4.31. The van der Waals surface area contributed by atoms with Crippen LogP contribution in [0.2, 0.25) is 0 Å². The van der Waals surface area contributed by atoms with Crippen molar-refractivity contribution < 1.29 is 9.53 Å². The summed E-state index contributed by atoms with van der Waals surface area (Å²) in [6.07, 6.45) is 3.26. The van der Waals surface area contributed by atoms with Crippen molar-refractivity contribution in [1.82, 2.24) is 10.3 Å². The van der Waals surface area contributed by atoms with E-state index in [1.54, 1.807) is 6.20 Å². The summed E-state index contributed by atoms with van der Waals surface area (Å²) >= 11 is 0. The van der Waals surface area contributed by atoms with Crippen molar-refractivity contribution in [1.29, 1.82) is 0 Å². The van der Waals surface area contributed by atoms with E-state index >= 15 is 0 Å². The van der Waals surface area contributed by atoms with Gasteiger partial charge < -0.3 is 10.1 Å². The highest BCUT2D eigenvalue weighted by Gasteiger charge is 2.27. The van der Waals surface area contributed by atoms with E-state index in [-0.39, 0.29) is 18.1 Å². The molecule has 1 aliphatic heterocycles. The van der Waals surface area contributed by atoms with Gasteiger partial charge in [-0.15, -0.1) is 0 Å². The fraction of sp³-hybridized carbons (Fsp3) is 0.571. The lowest BCUT2D eigenvalue weighted by molar-refractivity contribution is -0.131. The standard InChI is InChI=1S/C14H20N2O2/c1-10(2)13(11-6-3-4-8-15-11)16-14(17)12-7-5-9-18-12/h3-4,6,8,10,12-13H,5,7,9H2,1-2H3,(H,16,17)/t12-,13-/m0/s1. The second-order valence-electron chi connectivity index (χ2n) is 4.99. The van der Waals surface area contributed by atoms with Gasteiger partial charge in [0.25, 0.3) is 0 Å². The lowest BCUT2D eigenvalue weighted by Crippen LogP contribution is -2.39. The lowest BCUT2D eigenvalue weighted by atomic mass is 10.00. The van der Waals surface area contributed by atoms with Crippen molar-refractivity contribution in [3.05, 3.63) is 30.1 Å². The molecule has 0 saturated carbocycles. The van der Waals surface area contributed by atoms with Gasteiger partial charge in [-0.2, -0.15) is 0 Å². The number of hydrogen-bond donors (Lipinski definition) is 1. The molecular weight excluding hydrogens is 228 g/mol. The van der Waals surface area contributed by atoms with Gasteiger partial charge in [-0.3, -0.25) is 9.78 Å². The van der Waals surface area contributed by atoms with Crippen LogP contribution in [0.25, 0.3) is 0 Å². The summed E-state index contributed by atoms with van der Waals surface area (Å²) in [5.74, 6) is 0.280. The molecule has 1 aromatic rings. The highest BCUT2D eigenvalue weighted by Crippen LogP contribution is 2.21. The number of nitrogens with one attached hydrogen (secondary N) is 1. The normalized spacial score (nSPS) is 20.9. The van der Waals surface area contributed by atoms with Gasteiger partial charge in [0, 0.05) is 12.8 Å². The number of amides is 1. The molecule has 0 bridgehead atoms. The quantitative estimate of drug-likeness (QED) is 0.887. The summed E-state index contributed by atoms with van der Waals surface area (Å²) in [7, 11) is 0. The first-order valence-corrected chi connectivity index (χ1v) is 6.51. The molecule has 0 radical (unpaired) electrons. The Morgan fingerprint density at radius 3 is 2.89 bits per heavy atom. The Bertz CT molecular complexity index is 386. The first-order chi connectivity index (χ1) is 8.68. The second-order valence-corrected chi connectivity index (χ2v) is 4.99. The van der Waals surface area contributed by atoms with Crippen LogP contribution in [0.15, 0.2) is 24.4 Å². The predicted molar refractivity (Wildman–Crippen MR) is 68.9 cm³/mol. The minimum Gasteiger partial charge on any atom is -0.368 e. The highest BCUT2D eigenvalue weighted by atomic mass is 16.5. The van der Waals surface area contributed by atoms with E-state index in [0.717, 1.165) is 18.5 Å². The number of ether oxygens (including phenoxy) is 1. The number of carbonyl (C=O) groups is 1. The Hall–Kier alpha value is -1.42. The zero-order valence-electron chi connectivity index (χ0n) is 10.9. The average Bonchev–Trinajstić information content (AvgIpc) is 2.90. The molecule has 1 amide bonds. The van der Waals surface area contributed by atoms with Crippen molar-refractivity contribution in [3.63, 3.8) is 0 Å². The monoisotopic (exact) mass is 248 g/mol. The molecule has 0 unspecified atom stereocenters. The number of pyridine rings is 1. The molecule has 18 heavy (non-hydrogen) atoms. The van der Waals surface area contributed by atoms with Crippen LogP contribution in [0.1, 0.15) is 38.4 Å². The molecule has 0 aromatic carbocycles. The molecule has 0 spiro atoms. The number of hydrogen-bond acceptors (Lipinski definition) is 3. The molecule has 1 saturated heterocycles. The average molecular weight is 248 g/mol. The van der Waals surface area contributed by atoms with Gasteiger partial charge in [0.2, 0.25) is 5.91 Å². The Morgan fingerprint density at radius 2 is 2.33 bits per heavy atom. The second kappa shape index (κ2) is 5.96. The van der Waals surface area contributed by atoms with Crippen LogP contribution in [-0.2, 0) is 9.53 Å². The van der Waals surface area contributed by atoms with Gasteiger partial charge in [0.15, 0.2) is 0 Å². The van der Waals surface area contributed by atoms with Crippen molar-refractivity contribution in [2.24, 2.45) is 5.92 Å². The number of nitrogens with zero attached hydrogens (tertiary/aromatic N) is 1. The third-order valence-corrected chi connectivity index (χ3v) is 3.19. The van der Waals surface area contributed by atoms with Crippen LogP contribution >= 0.6 is 0 Å². The van der Waals surface area contributed by atoms with E-state index in [0.29, 0.717) is 12.5 Å². The number of carbonyl (C=O) groups excluding carboxylic acids is 1. The van der Waals surface area contributed by atoms with E-state index in [1.165, 1.54) is 0 Å². The largest absolute Gasteiger partial charge is 0.368 e. The summed E-state index contributed by atoms with van der Waals surface area (Å²) in [5, 5.41) is 3.05. The van der Waals surface area contributed by atoms with Crippen molar-refractivity contribution in [2.45, 2.75) is 38.8 Å². The van der Waals surface area contributed by atoms with Crippen molar-refractivity contribution in [2.75, 3.05) is 6.61 Å². The highest BCUT2D eigenvalue weighted by molar-refractivity contribution is 5.81. The van der Waals surface area contributed by atoms with Gasteiger partial charge in [0.05, 0.1) is 11.7 Å². The maximum absolute atomic E-state index is 12.1. The summed E-state index contributed by atoms with van der Waals surface area (Å²) in [5.41, 5.74) is 0.902. The Morgan fingerprint density at radius 1 is 1.50 bits per heavy atom. The topological polar surface area (TPSA) is 51.2 Å². The fourth-order valence-electron chi connectivity index (χ4n) is 2.17. The molecule has 1 aliphatic rings. The summed E-state index contributed by atoms with van der Waals surface area (Å²) < 4.78 is 5.40. The lowest BCUT2D eigenvalue weighted by Gasteiger charge is -2.23. The predicted octanol–water partition coefficient (Wildman–Crippen LogP) is 2.07. The van der Waals surface area contributed by atoms with Gasteiger partial charge in [-0.05, 0) is 30.9 Å². The van der Waals surface area contributed by atoms with E-state index in [1.807, 2.05) is 18.2 Å². The van der Waals surface area contributed by atoms with Gasteiger partial charge >= 0.3 is 0 Å². The number of rotatable bonds is 4. The number of aromatic nitrogens is 1. The van der Waals surface area contributed by atoms with Crippen LogP contribution < -0.4 is 5.32 Å². The van der Waals surface area contributed by atoms with Crippen LogP contribution in [0.4, 0.5) is 0 Å². The van der Waals surface area contributed by atoms with E-state index < -0.39 is 0 Å². The van der Waals surface area contributed by atoms with E-state index in [4.69, 9.17) is 4.74 Å². The Balaban J connectivity index is 2.05.